The van der Waals surface area contributed by atoms with Crippen molar-refractivity contribution in [3.05, 3.63) is 42.0 Å². The molecule has 0 spiro atoms. The van der Waals surface area contributed by atoms with E-state index in [1.54, 1.807) is 19.1 Å². The Labute approximate surface area is 158 Å². The third-order valence-corrected chi connectivity index (χ3v) is 4.40. The molecule has 1 fully saturated rings. The van der Waals surface area contributed by atoms with Crippen molar-refractivity contribution >= 4 is 11.8 Å². The van der Waals surface area contributed by atoms with Crippen molar-refractivity contribution < 1.29 is 14.3 Å². The summed E-state index contributed by atoms with van der Waals surface area (Å²) in [4.78, 5) is 13.6. The molecule has 1 unspecified atom stereocenters. The van der Waals surface area contributed by atoms with Crippen molar-refractivity contribution in [2.24, 2.45) is 0 Å². The van der Waals surface area contributed by atoms with Gasteiger partial charge in [-0.15, -0.1) is 10.2 Å². The summed E-state index contributed by atoms with van der Waals surface area (Å²) in [6.45, 7) is 3.67. The fourth-order valence-electron chi connectivity index (χ4n) is 3.03. The first-order valence-corrected chi connectivity index (χ1v) is 9.06. The predicted octanol–water partition coefficient (Wildman–Crippen LogP) is 2.56. The van der Waals surface area contributed by atoms with Gasteiger partial charge in [-0.1, -0.05) is 12.1 Å². The molecule has 1 atom stereocenters. The van der Waals surface area contributed by atoms with Gasteiger partial charge in [0.2, 0.25) is 0 Å². The molecule has 1 aliphatic rings. The van der Waals surface area contributed by atoms with Gasteiger partial charge in [0.1, 0.15) is 6.61 Å². The number of carbonyl (C=O) groups is 1. The van der Waals surface area contributed by atoms with Crippen LogP contribution in [0.4, 0.5) is 5.82 Å². The van der Waals surface area contributed by atoms with Crippen LogP contribution in [0.1, 0.15) is 25.3 Å². The number of benzene rings is 1. The number of anilines is 1. The second kappa shape index (κ2) is 9.10. The molecule has 0 aliphatic carbocycles. The molecule has 0 bridgehead atoms. The Morgan fingerprint density at radius 3 is 2.74 bits per heavy atom. The highest BCUT2D eigenvalue weighted by molar-refractivity contribution is 5.70. The number of hydrogen-bond acceptors (Lipinski definition) is 7. The van der Waals surface area contributed by atoms with E-state index in [0.717, 1.165) is 36.5 Å². The average Bonchev–Trinajstić information content (AvgIpc) is 2.73. The molecule has 1 aliphatic heterocycles. The van der Waals surface area contributed by atoms with Gasteiger partial charge in [-0.25, -0.2) is 4.79 Å². The maximum absolute atomic E-state index is 11.4. The first kappa shape index (κ1) is 18.8. The van der Waals surface area contributed by atoms with Crippen molar-refractivity contribution in [3.63, 3.8) is 0 Å². The van der Waals surface area contributed by atoms with Gasteiger partial charge in [0.25, 0.3) is 0 Å². The summed E-state index contributed by atoms with van der Waals surface area (Å²) in [5.74, 6) is 0.456. The number of nitriles is 1. The molecule has 0 radical (unpaired) electrons. The lowest BCUT2D eigenvalue weighted by Crippen LogP contribution is -2.41. The van der Waals surface area contributed by atoms with Gasteiger partial charge in [0.05, 0.1) is 30.0 Å². The van der Waals surface area contributed by atoms with Gasteiger partial charge in [0, 0.05) is 18.7 Å². The highest BCUT2D eigenvalue weighted by atomic mass is 16.6. The Kier molecular flexibility index (Phi) is 6.34. The van der Waals surface area contributed by atoms with Crippen molar-refractivity contribution in [1.82, 2.24) is 10.2 Å². The summed E-state index contributed by atoms with van der Waals surface area (Å²) in [7, 11) is 0. The van der Waals surface area contributed by atoms with E-state index in [1.165, 1.54) is 0 Å². The summed E-state index contributed by atoms with van der Waals surface area (Å²) in [5, 5.41) is 17.5. The van der Waals surface area contributed by atoms with E-state index >= 15 is 0 Å². The molecular formula is C20H22N4O3. The molecule has 3 rings (SSSR count). The average molecular weight is 366 g/mol. The molecule has 0 saturated carbocycles. The number of ether oxygens (including phenoxy) is 2. The minimum absolute atomic E-state index is 0.0182. The summed E-state index contributed by atoms with van der Waals surface area (Å²) in [6.07, 6.45) is 1.85. The second-order valence-corrected chi connectivity index (χ2v) is 6.29. The van der Waals surface area contributed by atoms with Crippen LogP contribution in [0.5, 0.6) is 0 Å². The highest BCUT2D eigenvalue weighted by Crippen LogP contribution is 2.22. The first-order chi connectivity index (χ1) is 13.2. The number of hydrogen-bond donors (Lipinski definition) is 0. The monoisotopic (exact) mass is 366 g/mol. The number of piperidine rings is 1. The largest absolute Gasteiger partial charge is 0.464 e. The van der Waals surface area contributed by atoms with Gasteiger partial charge in [0.15, 0.2) is 5.82 Å². The normalized spacial score (nSPS) is 16.6. The SMILES string of the molecule is CCOC(=O)COC1CCCN(c2ccc(-c3ccc(C#N)cc3)nn2)C1. The standard InChI is InChI=1S/C20H22N4O3/c1-2-26-20(25)14-27-17-4-3-11-24(13-17)19-10-9-18(22-23-19)16-7-5-15(12-21)6-8-16/h5-10,17H,2-4,11,13-14H2,1H3. The summed E-state index contributed by atoms with van der Waals surface area (Å²) in [5.41, 5.74) is 2.29. The zero-order valence-electron chi connectivity index (χ0n) is 15.3. The van der Waals surface area contributed by atoms with E-state index in [9.17, 15) is 4.79 Å². The van der Waals surface area contributed by atoms with E-state index in [4.69, 9.17) is 14.7 Å². The Morgan fingerprint density at radius 2 is 2.07 bits per heavy atom. The van der Waals surface area contributed by atoms with Crippen LogP contribution in [0, 0.1) is 11.3 Å². The molecule has 7 heteroatoms. The van der Waals surface area contributed by atoms with Crippen LogP contribution in [0.15, 0.2) is 36.4 Å². The van der Waals surface area contributed by atoms with Gasteiger partial charge < -0.3 is 14.4 Å². The van der Waals surface area contributed by atoms with Crippen molar-refractivity contribution in [2.45, 2.75) is 25.9 Å². The number of nitrogens with zero attached hydrogens (tertiary/aromatic N) is 4. The minimum atomic E-state index is -0.332. The summed E-state index contributed by atoms with van der Waals surface area (Å²) >= 11 is 0. The fraction of sp³-hybridized carbons (Fsp3) is 0.400. The number of carbonyl (C=O) groups excluding carboxylic acids is 1. The fourth-order valence-corrected chi connectivity index (χ4v) is 3.03. The molecule has 1 saturated heterocycles. The molecule has 1 aromatic carbocycles. The van der Waals surface area contributed by atoms with Gasteiger partial charge in [-0.05, 0) is 44.0 Å². The van der Waals surface area contributed by atoms with E-state index in [-0.39, 0.29) is 18.7 Å². The lowest BCUT2D eigenvalue weighted by molar-refractivity contribution is -0.150. The van der Waals surface area contributed by atoms with Crippen LogP contribution < -0.4 is 4.90 Å². The number of rotatable bonds is 6. The van der Waals surface area contributed by atoms with Crippen molar-refractivity contribution in [1.29, 1.82) is 5.26 Å². The van der Waals surface area contributed by atoms with Crippen LogP contribution in [0.3, 0.4) is 0 Å². The molecule has 2 aromatic rings. The van der Waals surface area contributed by atoms with E-state index < -0.39 is 0 Å². The zero-order valence-corrected chi connectivity index (χ0v) is 15.3. The summed E-state index contributed by atoms with van der Waals surface area (Å²) in [6, 6.07) is 13.2. The number of aromatic nitrogens is 2. The maximum atomic E-state index is 11.4. The van der Waals surface area contributed by atoms with Crippen molar-refractivity contribution in [3.8, 4) is 17.3 Å². The topological polar surface area (TPSA) is 88.3 Å². The smallest absolute Gasteiger partial charge is 0.332 e. The number of esters is 1. The first-order valence-electron chi connectivity index (χ1n) is 9.06. The molecular weight excluding hydrogens is 344 g/mol. The minimum Gasteiger partial charge on any atom is -0.464 e. The molecule has 2 heterocycles. The van der Waals surface area contributed by atoms with E-state index in [1.807, 2.05) is 24.3 Å². The predicted molar refractivity (Wildman–Crippen MR) is 100 cm³/mol. The maximum Gasteiger partial charge on any atom is 0.332 e. The lowest BCUT2D eigenvalue weighted by Gasteiger charge is -2.33. The van der Waals surface area contributed by atoms with E-state index in [0.29, 0.717) is 18.7 Å². The lowest BCUT2D eigenvalue weighted by atomic mass is 10.1. The van der Waals surface area contributed by atoms with Crippen LogP contribution >= 0.6 is 0 Å². The molecule has 1 aromatic heterocycles. The Bertz CT molecular complexity index is 799. The van der Waals surface area contributed by atoms with Gasteiger partial charge >= 0.3 is 5.97 Å². The second-order valence-electron chi connectivity index (χ2n) is 6.29. The molecule has 0 N–H and O–H groups in total. The third kappa shape index (κ3) is 5.02. The Hall–Kier alpha value is -2.98. The van der Waals surface area contributed by atoms with Crippen LogP contribution in [-0.4, -0.2) is 48.6 Å². The van der Waals surface area contributed by atoms with Crippen LogP contribution in [0.2, 0.25) is 0 Å². The zero-order chi connectivity index (χ0) is 19.1. The molecule has 27 heavy (non-hydrogen) atoms. The van der Waals surface area contributed by atoms with Crippen molar-refractivity contribution in [2.75, 3.05) is 31.2 Å². The third-order valence-electron chi connectivity index (χ3n) is 4.40. The van der Waals surface area contributed by atoms with E-state index in [2.05, 4.69) is 21.2 Å². The van der Waals surface area contributed by atoms with Crippen LogP contribution in [-0.2, 0) is 14.3 Å². The molecule has 7 nitrogen and oxygen atoms in total. The summed E-state index contributed by atoms with van der Waals surface area (Å²) < 4.78 is 10.6. The van der Waals surface area contributed by atoms with Crippen LogP contribution in [0.25, 0.3) is 11.3 Å². The Balaban J connectivity index is 1.60. The van der Waals surface area contributed by atoms with Gasteiger partial charge in [-0.2, -0.15) is 5.26 Å². The Morgan fingerprint density at radius 1 is 1.26 bits per heavy atom. The highest BCUT2D eigenvalue weighted by Gasteiger charge is 2.22. The quantitative estimate of drug-likeness (QED) is 0.726. The van der Waals surface area contributed by atoms with Gasteiger partial charge in [-0.3, -0.25) is 0 Å². The molecule has 0 amide bonds. The molecule has 140 valence electrons.